The first-order valence-electron chi connectivity index (χ1n) is 12.7. The van der Waals surface area contributed by atoms with E-state index in [0.29, 0.717) is 47.2 Å². The molecule has 2 aromatic heterocycles. The van der Waals surface area contributed by atoms with Crippen molar-refractivity contribution in [1.82, 2.24) is 24.3 Å². The molecule has 0 aliphatic carbocycles. The molecule has 2 aliphatic rings. The molecular formula is C27H29ClF2N6O2. The van der Waals surface area contributed by atoms with Gasteiger partial charge in [-0.2, -0.15) is 0 Å². The van der Waals surface area contributed by atoms with Crippen molar-refractivity contribution in [2.75, 3.05) is 38.0 Å². The van der Waals surface area contributed by atoms with Crippen molar-refractivity contribution in [3.8, 4) is 0 Å². The van der Waals surface area contributed by atoms with Crippen molar-refractivity contribution in [3.05, 3.63) is 65.0 Å². The van der Waals surface area contributed by atoms with Gasteiger partial charge in [-0.15, -0.1) is 0 Å². The number of amides is 2. The molecule has 11 heteroatoms. The van der Waals surface area contributed by atoms with E-state index >= 15 is 0 Å². The van der Waals surface area contributed by atoms with Crippen LogP contribution in [0.15, 0.2) is 48.7 Å². The topological polar surface area (TPSA) is 83.4 Å². The minimum atomic E-state index is -2.63. The number of aryl methyl sites for hydroxylation is 1. The van der Waals surface area contributed by atoms with Gasteiger partial charge in [-0.1, -0.05) is 23.7 Å². The fourth-order valence-corrected chi connectivity index (χ4v) is 5.35. The van der Waals surface area contributed by atoms with Crippen molar-refractivity contribution in [1.29, 1.82) is 0 Å². The van der Waals surface area contributed by atoms with Crippen molar-refractivity contribution in [2.45, 2.75) is 38.2 Å². The van der Waals surface area contributed by atoms with Gasteiger partial charge in [0.05, 0.1) is 35.2 Å². The van der Waals surface area contributed by atoms with Crippen molar-refractivity contribution in [2.24, 2.45) is 0 Å². The van der Waals surface area contributed by atoms with Gasteiger partial charge in [-0.3, -0.25) is 24.8 Å². The zero-order valence-electron chi connectivity index (χ0n) is 21.0. The zero-order valence-corrected chi connectivity index (χ0v) is 21.8. The molecule has 0 radical (unpaired) electrons. The van der Waals surface area contributed by atoms with Crippen LogP contribution in [-0.4, -0.2) is 74.8 Å². The maximum atomic E-state index is 13.1. The first-order chi connectivity index (χ1) is 18.2. The highest BCUT2D eigenvalue weighted by Gasteiger charge is 2.42. The molecule has 1 N–H and O–H groups in total. The third-order valence-electron chi connectivity index (χ3n) is 6.90. The number of likely N-dealkylation sites (tertiary alicyclic amines) is 2. The molecule has 1 atom stereocenters. The number of carbonyl (C=O) groups excluding carboxylic acids is 2. The summed E-state index contributed by atoms with van der Waals surface area (Å²) in [5.74, 6) is -2.75. The maximum Gasteiger partial charge on any atom is 0.272 e. The summed E-state index contributed by atoms with van der Waals surface area (Å²) >= 11 is 6.61. The highest BCUT2D eigenvalue weighted by Crippen LogP contribution is 2.34. The van der Waals surface area contributed by atoms with Gasteiger partial charge in [-0.05, 0) is 50.5 Å². The van der Waals surface area contributed by atoms with Crippen molar-refractivity contribution >= 4 is 40.4 Å². The van der Waals surface area contributed by atoms with Gasteiger partial charge in [0.15, 0.2) is 0 Å². The average Bonchev–Trinajstić information content (AvgIpc) is 3.04. The molecule has 38 heavy (non-hydrogen) atoms. The average molecular weight is 543 g/mol. The molecule has 0 bridgehead atoms. The fraction of sp³-hybridized carbons (Fsp3) is 0.407. The van der Waals surface area contributed by atoms with E-state index in [9.17, 15) is 18.4 Å². The third-order valence-corrected chi connectivity index (χ3v) is 7.21. The molecule has 200 valence electrons. The number of alkyl halides is 2. The van der Waals surface area contributed by atoms with E-state index in [1.54, 1.807) is 40.3 Å². The Kier molecular flexibility index (Phi) is 7.45. The van der Waals surface area contributed by atoms with Crippen molar-refractivity contribution in [3.63, 3.8) is 0 Å². The van der Waals surface area contributed by atoms with E-state index < -0.39 is 5.92 Å². The molecule has 2 saturated heterocycles. The summed E-state index contributed by atoms with van der Waals surface area (Å²) < 4.78 is 28.1. The molecule has 2 aliphatic heterocycles. The Labute approximate surface area is 224 Å². The van der Waals surface area contributed by atoms with Gasteiger partial charge in [-0.25, -0.2) is 13.8 Å². The Balaban J connectivity index is 1.39. The number of anilines is 1. The number of benzene rings is 1. The number of carbonyl (C=O) groups is 2. The van der Waals surface area contributed by atoms with Crippen LogP contribution < -0.4 is 5.32 Å². The fourth-order valence-electron chi connectivity index (χ4n) is 5.09. The summed E-state index contributed by atoms with van der Waals surface area (Å²) in [6.45, 7) is 2.55. The SMILES string of the molecule is Cc1cc(C(=O)Nc2nc3cccc(Cl)c3n2[C@@H]2CCCCN(C(=O)/C=C/CN3CC(F)(F)C3)C2)ccn1. The second-order valence-electron chi connectivity index (χ2n) is 9.91. The Morgan fingerprint density at radius 1 is 1.24 bits per heavy atom. The van der Waals surface area contributed by atoms with Gasteiger partial charge in [0.25, 0.3) is 11.8 Å². The predicted molar refractivity (Wildman–Crippen MR) is 142 cm³/mol. The number of hydrogen-bond acceptors (Lipinski definition) is 5. The molecule has 0 spiro atoms. The number of hydrogen-bond donors (Lipinski definition) is 1. The third kappa shape index (κ3) is 5.71. The molecule has 2 amide bonds. The van der Waals surface area contributed by atoms with Crippen LogP contribution in [0.2, 0.25) is 5.02 Å². The predicted octanol–water partition coefficient (Wildman–Crippen LogP) is 4.71. The van der Waals surface area contributed by atoms with Gasteiger partial charge in [0, 0.05) is 43.2 Å². The Bertz CT molecular complexity index is 1380. The van der Waals surface area contributed by atoms with Crippen LogP contribution in [0.1, 0.15) is 41.4 Å². The number of para-hydroxylation sites is 1. The van der Waals surface area contributed by atoms with Gasteiger partial charge >= 0.3 is 0 Å². The lowest BCUT2D eigenvalue weighted by Gasteiger charge is -2.37. The first-order valence-corrected chi connectivity index (χ1v) is 13.0. The zero-order chi connectivity index (χ0) is 26.9. The van der Waals surface area contributed by atoms with E-state index in [1.165, 1.54) is 6.08 Å². The molecule has 4 heterocycles. The standard InChI is InChI=1S/C27H29ClF2N6O2/c1-18-14-19(10-11-31-18)25(38)33-26-32-22-8-4-7-21(28)24(22)36(26)20-6-2-3-13-35(15-20)23(37)9-5-12-34-16-27(29,30)17-34/h4-5,7-11,14,20H,2-3,6,12-13,15-17H2,1H3,(H,32,33,38)/b9-5+/t20-/m1/s1. The highest BCUT2D eigenvalue weighted by atomic mass is 35.5. The first kappa shape index (κ1) is 26.2. The number of fused-ring (bicyclic) bond motifs is 1. The lowest BCUT2D eigenvalue weighted by atomic mass is 10.1. The summed E-state index contributed by atoms with van der Waals surface area (Å²) in [6, 6.07) is 8.59. The summed E-state index contributed by atoms with van der Waals surface area (Å²) in [7, 11) is 0. The lowest BCUT2D eigenvalue weighted by Crippen LogP contribution is -2.55. The number of halogens is 3. The lowest BCUT2D eigenvalue weighted by molar-refractivity contribution is -0.127. The summed E-state index contributed by atoms with van der Waals surface area (Å²) in [5, 5.41) is 3.44. The van der Waals surface area contributed by atoms with Crippen LogP contribution >= 0.6 is 11.6 Å². The number of nitrogens with zero attached hydrogens (tertiary/aromatic N) is 5. The largest absolute Gasteiger partial charge is 0.337 e. The minimum absolute atomic E-state index is 0.169. The molecule has 5 rings (SSSR count). The number of aromatic nitrogens is 3. The van der Waals surface area contributed by atoms with Gasteiger partial charge < -0.3 is 9.47 Å². The van der Waals surface area contributed by atoms with E-state index in [1.807, 2.05) is 23.6 Å². The second-order valence-corrected chi connectivity index (χ2v) is 10.3. The van der Waals surface area contributed by atoms with Crippen LogP contribution in [0.25, 0.3) is 11.0 Å². The smallest absolute Gasteiger partial charge is 0.272 e. The van der Waals surface area contributed by atoms with Gasteiger partial charge in [0.1, 0.15) is 0 Å². The van der Waals surface area contributed by atoms with E-state index in [4.69, 9.17) is 11.6 Å². The van der Waals surface area contributed by atoms with Crippen LogP contribution in [0.3, 0.4) is 0 Å². The van der Waals surface area contributed by atoms with Gasteiger partial charge in [0.2, 0.25) is 11.9 Å². The molecule has 1 aromatic carbocycles. The Morgan fingerprint density at radius 3 is 2.82 bits per heavy atom. The van der Waals surface area contributed by atoms with E-state index in [2.05, 4.69) is 15.3 Å². The Morgan fingerprint density at radius 2 is 2.05 bits per heavy atom. The second kappa shape index (κ2) is 10.8. The molecular weight excluding hydrogens is 514 g/mol. The molecule has 2 fully saturated rings. The maximum absolute atomic E-state index is 13.1. The molecule has 0 unspecified atom stereocenters. The highest BCUT2D eigenvalue weighted by molar-refractivity contribution is 6.35. The van der Waals surface area contributed by atoms with E-state index in [0.717, 1.165) is 25.0 Å². The number of imidazole rings is 1. The Hall–Kier alpha value is -3.37. The van der Waals surface area contributed by atoms with Crippen LogP contribution in [0.4, 0.5) is 14.7 Å². The van der Waals surface area contributed by atoms with E-state index in [-0.39, 0.29) is 30.9 Å². The monoisotopic (exact) mass is 542 g/mol. The molecule has 0 saturated carbocycles. The van der Waals surface area contributed by atoms with Crippen LogP contribution in [0.5, 0.6) is 0 Å². The number of nitrogens with one attached hydrogen (secondary N) is 1. The number of pyridine rings is 1. The summed E-state index contributed by atoms with van der Waals surface area (Å²) in [5.41, 5.74) is 2.53. The summed E-state index contributed by atoms with van der Waals surface area (Å²) in [4.78, 5) is 38.3. The van der Waals surface area contributed by atoms with Crippen LogP contribution in [-0.2, 0) is 4.79 Å². The van der Waals surface area contributed by atoms with Crippen molar-refractivity contribution < 1.29 is 18.4 Å². The van der Waals surface area contributed by atoms with Crippen LogP contribution in [0, 0.1) is 6.92 Å². The normalized spacial score (nSPS) is 19.9. The summed E-state index contributed by atoms with van der Waals surface area (Å²) in [6.07, 6.45) is 7.16. The quantitative estimate of drug-likeness (QED) is 0.456. The molecule has 8 nitrogen and oxygen atoms in total. The number of rotatable bonds is 6. The molecule has 3 aromatic rings. The minimum Gasteiger partial charge on any atom is -0.337 e.